The highest BCUT2D eigenvalue weighted by atomic mass is 32.2. The molecule has 1 aliphatic heterocycles. The minimum atomic E-state index is -4.73. The second-order valence-corrected chi connectivity index (χ2v) is 13.4. The van der Waals surface area contributed by atoms with Crippen molar-refractivity contribution in [2.24, 2.45) is 0 Å². The molecule has 12 heteroatoms. The summed E-state index contributed by atoms with van der Waals surface area (Å²) < 4.78 is 82.0. The van der Waals surface area contributed by atoms with E-state index in [4.69, 9.17) is 0 Å². The van der Waals surface area contributed by atoms with Gasteiger partial charge in [0.2, 0.25) is 15.9 Å². The number of nitrogens with zero attached hydrogens (tertiary/aromatic N) is 2. The number of fused-ring (bicyclic) bond motifs is 1. The molecule has 1 fully saturated rings. The third-order valence-electron chi connectivity index (χ3n) is 8.30. The predicted molar refractivity (Wildman–Crippen MR) is 159 cm³/mol. The minimum absolute atomic E-state index is 0.160. The van der Waals surface area contributed by atoms with Crippen LogP contribution in [-0.4, -0.2) is 63.4 Å². The quantitative estimate of drug-likeness (QED) is 0.335. The van der Waals surface area contributed by atoms with Gasteiger partial charge in [0.25, 0.3) is 0 Å². The summed E-state index contributed by atoms with van der Waals surface area (Å²) in [6.07, 6.45) is -2.91. The number of alkyl halides is 3. The molecule has 0 unspecified atom stereocenters. The molecule has 0 bridgehead atoms. The number of likely N-dealkylation sites (N-methyl/N-ethyl adjacent to an activating group) is 1. The van der Waals surface area contributed by atoms with E-state index in [0.29, 0.717) is 24.5 Å². The molecule has 1 saturated heterocycles. The molecule has 44 heavy (non-hydrogen) atoms. The van der Waals surface area contributed by atoms with E-state index in [9.17, 15) is 30.8 Å². The number of sulfonamides is 1. The van der Waals surface area contributed by atoms with Crippen molar-refractivity contribution in [3.63, 3.8) is 0 Å². The average molecular weight is 633 g/mol. The Hall–Kier alpha value is -3.32. The number of carbonyl (C=O) groups is 1. The van der Waals surface area contributed by atoms with Gasteiger partial charge in [-0.15, -0.1) is 0 Å². The second-order valence-electron chi connectivity index (χ2n) is 11.6. The smallest absolute Gasteiger partial charge is 0.353 e. The Morgan fingerprint density at radius 2 is 1.70 bits per heavy atom. The van der Waals surface area contributed by atoms with E-state index in [1.807, 2.05) is 0 Å². The van der Waals surface area contributed by atoms with E-state index in [2.05, 4.69) is 45.1 Å². The molecular formula is C32H36F4N4O3S. The number of aryl methyl sites for hydroxylation is 1. The van der Waals surface area contributed by atoms with E-state index in [-0.39, 0.29) is 12.5 Å². The van der Waals surface area contributed by atoms with Crippen LogP contribution in [0.1, 0.15) is 46.7 Å². The highest BCUT2D eigenvalue weighted by Crippen LogP contribution is 2.31. The van der Waals surface area contributed by atoms with Gasteiger partial charge in [-0.1, -0.05) is 36.4 Å². The van der Waals surface area contributed by atoms with Gasteiger partial charge in [0.05, 0.1) is 16.5 Å². The lowest BCUT2D eigenvalue weighted by Gasteiger charge is -2.32. The summed E-state index contributed by atoms with van der Waals surface area (Å²) >= 11 is 0. The zero-order valence-electron chi connectivity index (χ0n) is 24.4. The summed E-state index contributed by atoms with van der Waals surface area (Å²) in [5.74, 6) is -0.976. The van der Waals surface area contributed by atoms with Crippen LogP contribution in [0.4, 0.5) is 17.6 Å². The summed E-state index contributed by atoms with van der Waals surface area (Å²) in [7, 11) is -2.33. The van der Waals surface area contributed by atoms with Gasteiger partial charge in [0, 0.05) is 45.2 Å². The number of carbonyl (C=O) groups excluding carboxylic acids is 1. The molecule has 0 radical (unpaired) electrons. The van der Waals surface area contributed by atoms with Gasteiger partial charge in [-0.05, 0) is 78.9 Å². The van der Waals surface area contributed by atoms with Gasteiger partial charge in [-0.25, -0.2) is 17.5 Å². The molecule has 1 heterocycles. The number of halogens is 4. The molecule has 0 saturated carbocycles. The van der Waals surface area contributed by atoms with Gasteiger partial charge in [-0.2, -0.15) is 13.2 Å². The van der Waals surface area contributed by atoms with Crippen LogP contribution in [0.5, 0.6) is 0 Å². The van der Waals surface area contributed by atoms with Crippen molar-refractivity contribution in [1.29, 1.82) is 0 Å². The van der Waals surface area contributed by atoms with E-state index in [0.717, 1.165) is 75.0 Å². The number of piperazine rings is 1. The normalized spacial score (nSPS) is 18.9. The molecule has 3 aromatic carbocycles. The van der Waals surface area contributed by atoms with Crippen LogP contribution in [0.15, 0.2) is 71.6 Å². The van der Waals surface area contributed by atoms with E-state index in [1.54, 1.807) is 0 Å². The van der Waals surface area contributed by atoms with Crippen LogP contribution in [0.25, 0.3) is 0 Å². The maximum Gasteiger partial charge on any atom is 0.416 e. The Morgan fingerprint density at radius 1 is 0.977 bits per heavy atom. The van der Waals surface area contributed by atoms with Gasteiger partial charge in [0.15, 0.2) is 0 Å². The van der Waals surface area contributed by atoms with E-state index >= 15 is 0 Å². The molecule has 236 valence electrons. The molecular weight excluding hydrogens is 596 g/mol. The van der Waals surface area contributed by atoms with Crippen molar-refractivity contribution in [2.45, 2.75) is 55.4 Å². The fourth-order valence-corrected chi connectivity index (χ4v) is 7.05. The third kappa shape index (κ3) is 8.23. The van der Waals surface area contributed by atoms with Crippen molar-refractivity contribution < 1.29 is 30.8 Å². The van der Waals surface area contributed by atoms with Crippen LogP contribution in [0, 0.1) is 5.82 Å². The summed E-state index contributed by atoms with van der Waals surface area (Å²) in [4.78, 5) is 17.4. The van der Waals surface area contributed by atoms with Crippen LogP contribution in [-0.2, 0) is 40.4 Å². The topological polar surface area (TPSA) is 81.8 Å². The first-order valence-electron chi connectivity index (χ1n) is 14.6. The van der Waals surface area contributed by atoms with Gasteiger partial charge in [0.1, 0.15) is 5.82 Å². The minimum Gasteiger partial charge on any atom is -0.353 e. The Balaban J connectivity index is 1.25. The SMILES string of the molecule is CN1CCN(Cc2ccc3c(c2)CC[C@@H](NC(=O)C[C@@H](NS(=O)(=O)c2cccc(C(F)(F)F)c2)c2ccc(F)cc2)C3)CC1. The number of rotatable bonds is 9. The summed E-state index contributed by atoms with van der Waals surface area (Å²) in [6.45, 7) is 5.10. The number of amides is 1. The van der Waals surface area contributed by atoms with Crippen LogP contribution in [0.2, 0.25) is 0 Å². The zero-order valence-corrected chi connectivity index (χ0v) is 25.2. The fraction of sp³-hybridized carbons (Fsp3) is 0.406. The van der Waals surface area contributed by atoms with Crippen molar-refractivity contribution in [2.75, 3.05) is 33.2 Å². The van der Waals surface area contributed by atoms with Gasteiger partial charge < -0.3 is 10.2 Å². The Bertz CT molecular complexity index is 1570. The van der Waals surface area contributed by atoms with Crippen molar-refractivity contribution in [3.05, 3.63) is 100 Å². The molecule has 2 atom stereocenters. The lowest BCUT2D eigenvalue weighted by atomic mass is 9.87. The maximum absolute atomic E-state index is 13.6. The first kappa shape index (κ1) is 32.1. The molecule has 0 aromatic heterocycles. The molecule has 3 aromatic rings. The lowest BCUT2D eigenvalue weighted by molar-refractivity contribution is -0.137. The second kappa shape index (κ2) is 13.4. The first-order chi connectivity index (χ1) is 20.9. The third-order valence-corrected chi connectivity index (χ3v) is 9.77. The van der Waals surface area contributed by atoms with Crippen LogP contribution < -0.4 is 10.0 Å². The fourth-order valence-electron chi connectivity index (χ4n) is 5.78. The summed E-state index contributed by atoms with van der Waals surface area (Å²) in [6, 6.07) is 13.5. The molecule has 0 spiro atoms. The largest absolute Gasteiger partial charge is 0.416 e. The monoisotopic (exact) mass is 632 g/mol. The number of hydrogen-bond donors (Lipinski definition) is 2. The number of nitrogens with one attached hydrogen (secondary N) is 2. The predicted octanol–water partition coefficient (Wildman–Crippen LogP) is 4.68. The van der Waals surface area contributed by atoms with Crippen LogP contribution >= 0.6 is 0 Å². The molecule has 1 amide bonds. The first-order valence-corrected chi connectivity index (χ1v) is 16.1. The molecule has 5 rings (SSSR count). The van der Waals surface area contributed by atoms with Gasteiger partial charge >= 0.3 is 6.18 Å². The number of benzene rings is 3. The summed E-state index contributed by atoms with van der Waals surface area (Å²) in [5, 5.41) is 3.00. The van der Waals surface area contributed by atoms with Crippen molar-refractivity contribution >= 4 is 15.9 Å². The zero-order chi connectivity index (χ0) is 31.5. The molecule has 7 nitrogen and oxygen atoms in total. The van der Waals surface area contributed by atoms with Gasteiger partial charge in [-0.3, -0.25) is 9.69 Å². The van der Waals surface area contributed by atoms with Crippen LogP contribution in [0.3, 0.4) is 0 Å². The Kier molecular flexibility index (Phi) is 9.74. The number of hydrogen-bond acceptors (Lipinski definition) is 5. The Labute approximate surface area is 255 Å². The summed E-state index contributed by atoms with van der Waals surface area (Å²) in [5.41, 5.74) is 2.88. The highest BCUT2D eigenvalue weighted by molar-refractivity contribution is 7.89. The Morgan fingerprint density at radius 3 is 2.41 bits per heavy atom. The average Bonchev–Trinajstić information content (AvgIpc) is 2.98. The maximum atomic E-state index is 13.6. The standard InChI is InChI=1S/C32H36F4N4O3S/c1-39-13-15-40(16-14-39)21-22-5-6-25-18-28(12-9-24(25)17-22)37-31(41)20-30(23-7-10-27(33)11-8-23)38-44(42,43)29-4-2-3-26(19-29)32(34,35)36/h2-8,10-11,17,19,28,30,38H,9,12-16,18,20-21H2,1H3,(H,37,41)/t28-,30-/m1/s1. The van der Waals surface area contributed by atoms with Crippen molar-refractivity contribution in [3.8, 4) is 0 Å². The van der Waals surface area contributed by atoms with E-state index in [1.165, 1.54) is 23.3 Å². The molecule has 1 aliphatic carbocycles. The van der Waals surface area contributed by atoms with E-state index < -0.39 is 44.4 Å². The molecule has 2 N–H and O–H groups in total. The molecule has 2 aliphatic rings. The highest BCUT2D eigenvalue weighted by Gasteiger charge is 2.33. The van der Waals surface area contributed by atoms with Crippen molar-refractivity contribution in [1.82, 2.24) is 19.8 Å². The lowest BCUT2D eigenvalue weighted by Crippen LogP contribution is -2.44.